The molecule has 1 heterocycles. The van der Waals surface area contributed by atoms with E-state index in [0.717, 1.165) is 0 Å². The molecule has 3 fully saturated rings. The number of amides is 1. The lowest BCUT2D eigenvalue weighted by Crippen LogP contribution is -2.50. The summed E-state index contributed by atoms with van der Waals surface area (Å²) in [5.41, 5.74) is -4.47. The van der Waals surface area contributed by atoms with Gasteiger partial charge in [0.1, 0.15) is 11.8 Å². The first-order chi connectivity index (χ1) is 20.6. The van der Waals surface area contributed by atoms with Crippen LogP contribution in [-0.4, -0.2) is 61.2 Å². The van der Waals surface area contributed by atoms with Crippen LogP contribution < -0.4 is 0 Å². The normalized spacial score (nSPS) is 38.6. The number of nitrogens with zero attached hydrogens (tertiary/aromatic N) is 1. The van der Waals surface area contributed by atoms with Crippen LogP contribution in [0.1, 0.15) is 114 Å². The highest BCUT2D eigenvalue weighted by molar-refractivity contribution is 7.92. The molecule has 3 unspecified atom stereocenters. The smallest absolute Gasteiger partial charge is 0.328 e. The van der Waals surface area contributed by atoms with Crippen molar-refractivity contribution in [2.24, 2.45) is 34.0 Å². The van der Waals surface area contributed by atoms with Gasteiger partial charge in [-0.1, -0.05) is 53.7 Å². The maximum atomic E-state index is 14.2. The molecule has 4 atom stereocenters. The Morgan fingerprint density at radius 1 is 1.05 bits per heavy atom. The standard InChI is InChI=1S/C29H49NO6S/c1-26(2,3)20(24(32)30-17-21-22(28(21,7)8)23(30)25(33)36-9)15-19(31)16-29(13-11-10-12-14-29)18-37(34,35)27(4,5)6/h20-23H,10-18H2,1-9H3/t20-,21?,22?,23?/m1/s1/i10D2,11D2,12D2,13D2,14D2. The molecule has 1 saturated heterocycles. The monoisotopic (exact) mass is 549 g/mol. The van der Waals surface area contributed by atoms with Crippen LogP contribution in [0.15, 0.2) is 0 Å². The summed E-state index contributed by atoms with van der Waals surface area (Å²) in [6, 6.07) is -0.918. The zero-order valence-corrected chi connectivity index (χ0v) is 24.3. The predicted molar refractivity (Wildman–Crippen MR) is 145 cm³/mol. The Morgan fingerprint density at radius 3 is 2.11 bits per heavy atom. The zero-order chi connectivity index (χ0) is 37.2. The van der Waals surface area contributed by atoms with Gasteiger partial charge in [-0.05, 0) is 55.7 Å². The Hall–Kier alpha value is -1.44. The Balaban J connectivity index is 2.16. The maximum absolute atomic E-state index is 14.2. The van der Waals surface area contributed by atoms with Gasteiger partial charge in [-0.25, -0.2) is 13.2 Å². The van der Waals surface area contributed by atoms with Gasteiger partial charge in [-0.2, -0.15) is 0 Å². The highest BCUT2D eigenvalue weighted by atomic mass is 32.2. The molecule has 212 valence electrons. The minimum absolute atomic E-state index is 0.000974. The first-order valence-electron chi connectivity index (χ1n) is 17.7. The van der Waals surface area contributed by atoms with E-state index >= 15 is 0 Å². The molecule has 1 aliphatic heterocycles. The number of sulfone groups is 1. The molecule has 2 saturated carbocycles. The fourth-order valence-electron chi connectivity index (χ4n) is 5.62. The van der Waals surface area contributed by atoms with Gasteiger partial charge in [0.15, 0.2) is 9.84 Å². The summed E-state index contributed by atoms with van der Waals surface area (Å²) in [6.45, 7) is 12.8. The molecule has 3 aliphatic rings. The highest BCUT2D eigenvalue weighted by Gasteiger charge is 2.70. The lowest BCUT2D eigenvalue weighted by atomic mass is 9.70. The maximum Gasteiger partial charge on any atom is 0.328 e. The minimum atomic E-state index is -4.61. The van der Waals surface area contributed by atoms with E-state index in [9.17, 15) is 22.8 Å². The molecule has 37 heavy (non-hydrogen) atoms. The third-order valence-electron chi connectivity index (χ3n) is 8.31. The van der Waals surface area contributed by atoms with Crippen molar-refractivity contribution in [1.82, 2.24) is 4.90 Å². The van der Waals surface area contributed by atoms with E-state index < -0.39 is 105 Å². The lowest BCUT2D eigenvalue weighted by molar-refractivity contribution is -0.156. The molecule has 0 aromatic rings. The van der Waals surface area contributed by atoms with Gasteiger partial charge in [0.2, 0.25) is 5.91 Å². The number of likely N-dealkylation sites (tertiary alicyclic amines) is 1. The second-order valence-corrected chi connectivity index (χ2v) is 16.1. The fraction of sp³-hybridized carbons (Fsp3) is 0.897. The SMILES string of the molecule is [2H]C1([2H])C([2H])([2H])C([2H])([2H])C(CC(=O)C[C@H](C(=O)N2CC3C(C2C(=O)OC)C3(C)C)C(C)(C)C)(CS(=O)(=O)C(C)(C)C)C([2H])([2H])C1([2H])[2H]. The predicted octanol–water partition coefficient (Wildman–Crippen LogP) is 4.82. The first kappa shape index (κ1) is 18.8. The largest absolute Gasteiger partial charge is 0.467 e. The number of Topliss-reactive ketones (excluding diaryl/α,β-unsaturated/α-hetero) is 1. The van der Waals surface area contributed by atoms with Crippen molar-refractivity contribution < 1.29 is 41.2 Å². The highest BCUT2D eigenvalue weighted by Crippen LogP contribution is 2.65. The first-order valence-corrected chi connectivity index (χ1v) is 14.3. The van der Waals surface area contributed by atoms with Gasteiger partial charge in [0, 0.05) is 44.9 Å². The number of rotatable bonds is 8. The molecule has 1 amide bonds. The number of carbonyl (C=O) groups is 3. The lowest BCUT2D eigenvalue weighted by Gasteiger charge is -2.40. The van der Waals surface area contributed by atoms with Crippen molar-refractivity contribution in [3.63, 3.8) is 0 Å². The van der Waals surface area contributed by atoms with Crippen molar-refractivity contribution in [2.45, 2.75) is 111 Å². The van der Waals surface area contributed by atoms with Crippen LogP contribution in [0.25, 0.3) is 0 Å². The van der Waals surface area contributed by atoms with Crippen LogP contribution in [-0.2, 0) is 29.0 Å². The second kappa shape index (κ2) is 9.95. The number of piperidine rings is 1. The fourth-order valence-corrected chi connectivity index (χ4v) is 6.95. The van der Waals surface area contributed by atoms with E-state index in [0.29, 0.717) is 0 Å². The van der Waals surface area contributed by atoms with Crippen molar-refractivity contribution >= 4 is 27.5 Å². The summed E-state index contributed by atoms with van der Waals surface area (Å²) in [4.78, 5) is 42.5. The molecule has 0 spiro atoms. The number of esters is 1. The van der Waals surface area contributed by atoms with Gasteiger partial charge in [-0.3, -0.25) is 9.59 Å². The van der Waals surface area contributed by atoms with Crippen LogP contribution in [0.2, 0.25) is 0 Å². The van der Waals surface area contributed by atoms with Crippen LogP contribution in [0.4, 0.5) is 0 Å². The molecule has 7 nitrogen and oxygen atoms in total. The van der Waals surface area contributed by atoms with E-state index in [2.05, 4.69) is 0 Å². The van der Waals surface area contributed by atoms with Crippen molar-refractivity contribution in [3.8, 4) is 0 Å². The topological polar surface area (TPSA) is 97.8 Å². The zero-order valence-electron chi connectivity index (χ0n) is 33.4. The number of carbonyl (C=O) groups excluding carboxylic acids is 3. The average molecular weight is 550 g/mol. The van der Waals surface area contributed by atoms with Crippen LogP contribution >= 0.6 is 0 Å². The van der Waals surface area contributed by atoms with Gasteiger partial charge >= 0.3 is 5.97 Å². The summed E-state index contributed by atoms with van der Waals surface area (Å²) in [5, 5.41) is 0. The Kier molecular flexibility index (Phi) is 5.05. The number of ketones is 1. The molecule has 0 bridgehead atoms. The molecule has 0 aromatic heterocycles. The Labute approximate surface area is 238 Å². The third kappa shape index (κ3) is 5.94. The van der Waals surface area contributed by atoms with Gasteiger partial charge < -0.3 is 9.64 Å². The molecule has 0 radical (unpaired) electrons. The average Bonchev–Trinajstić information content (AvgIpc) is 3.19. The quantitative estimate of drug-likeness (QED) is 0.403. The van der Waals surface area contributed by atoms with Crippen molar-refractivity contribution in [1.29, 1.82) is 0 Å². The van der Waals surface area contributed by atoms with Crippen molar-refractivity contribution in [2.75, 3.05) is 19.4 Å². The molecule has 3 rings (SSSR count). The van der Waals surface area contributed by atoms with E-state index in [4.69, 9.17) is 18.4 Å². The summed E-state index contributed by atoms with van der Waals surface area (Å²) in [7, 11) is -3.41. The number of methoxy groups -OCH3 is 1. The van der Waals surface area contributed by atoms with Crippen LogP contribution in [0, 0.1) is 34.0 Å². The van der Waals surface area contributed by atoms with E-state index in [1.807, 2.05) is 13.8 Å². The van der Waals surface area contributed by atoms with Crippen LogP contribution in [0.3, 0.4) is 0 Å². The van der Waals surface area contributed by atoms with Gasteiger partial charge in [0.05, 0.1) is 17.6 Å². The van der Waals surface area contributed by atoms with E-state index in [-0.39, 0.29) is 23.8 Å². The summed E-state index contributed by atoms with van der Waals surface area (Å²) in [5.74, 6) is -5.13. The molecular formula is C29H49NO6S. The Bertz CT molecular complexity index is 1400. The summed E-state index contributed by atoms with van der Waals surface area (Å²) >= 11 is 0. The van der Waals surface area contributed by atoms with E-state index in [1.165, 1.54) is 32.8 Å². The number of hydrogen-bond acceptors (Lipinski definition) is 6. The van der Waals surface area contributed by atoms with Gasteiger partial charge in [0.25, 0.3) is 0 Å². The minimum Gasteiger partial charge on any atom is -0.467 e. The second-order valence-electron chi connectivity index (χ2n) is 13.3. The third-order valence-corrected chi connectivity index (χ3v) is 11.0. The van der Waals surface area contributed by atoms with E-state index in [1.54, 1.807) is 20.8 Å². The molecule has 0 N–H and O–H groups in total. The summed E-state index contributed by atoms with van der Waals surface area (Å²) in [6.07, 6.45) is -21.0. The van der Waals surface area contributed by atoms with Crippen molar-refractivity contribution in [3.05, 3.63) is 0 Å². The number of fused-ring (bicyclic) bond motifs is 1. The summed E-state index contributed by atoms with van der Waals surface area (Å²) < 4.78 is 117. The van der Waals surface area contributed by atoms with Crippen LogP contribution in [0.5, 0.6) is 0 Å². The number of ether oxygens (including phenoxy) is 1. The molecular weight excluding hydrogens is 490 g/mol. The molecule has 8 heteroatoms. The van der Waals surface area contributed by atoms with Gasteiger partial charge in [-0.15, -0.1) is 0 Å². The Morgan fingerprint density at radius 2 is 1.62 bits per heavy atom. The number of hydrogen-bond donors (Lipinski definition) is 0. The molecule has 0 aromatic carbocycles. The molecule has 2 aliphatic carbocycles.